The predicted molar refractivity (Wildman–Crippen MR) is 137 cm³/mol. The van der Waals surface area contributed by atoms with Crippen molar-refractivity contribution in [2.75, 3.05) is 12.4 Å². The molecule has 0 amide bonds. The Hall–Kier alpha value is -4.46. The first-order chi connectivity index (χ1) is 17.0. The molecule has 0 aliphatic carbocycles. The van der Waals surface area contributed by atoms with E-state index in [-0.39, 0.29) is 5.78 Å². The van der Waals surface area contributed by atoms with Crippen LogP contribution in [0.3, 0.4) is 0 Å². The summed E-state index contributed by atoms with van der Waals surface area (Å²) in [6.07, 6.45) is 5.80. The lowest BCUT2D eigenvalue weighted by Gasteiger charge is -2.12. The molecule has 0 fully saturated rings. The highest BCUT2D eigenvalue weighted by Gasteiger charge is 2.14. The average molecular weight is 467 g/mol. The highest BCUT2D eigenvalue weighted by atomic mass is 16.5. The van der Waals surface area contributed by atoms with E-state index < -0.39 is 0 Å². The lowest BCUT2D eigenvalue weighted by molar-refractivity contribution is 0.0964. The van der Waals surface area contributed by atoms with E-state index in [0.717, 1.165) is 33.3 Å². The van der Waals surface area contributed by atoms with Gasteiger partial charge in [0.15, 0.2) is 23.2 Å². The van der Waals surface area contributed by atoms with Gasteiger partial charge in [-0.25, -0.2) is 9.97 Å². The van der Waals surface area contributed by atoms with Gasteiger partial charge in [0.1, 0.15) is 0 Å². The van der Waals surface area contributed by atoms with Crippen molar-refractivity contribution in [1.82, 2.24) is 25.1 Å². The molecule has 8 heteroatoms. The van der Waals surface area contributed by atoms with E-state index >= 15 is 0 Å². The normalized spacial score (nSPS) is 11.2. The number of nitrogens with zero attached hydrogens (tertiary/aromatic N) is 3. The lowest BCUT2D eigenvalue weighted by atomic mass is 10.1. The number of benzene rings is 2. The molecular formula is C27H26N6O2. The molecule has 0 aliphatic heterocycles. The first-order valence-corrected chi connectivity index (χ1v) is 11.4. The molecule has 3 heterocycles. The minimum Gasteiger partial charge on any atom is -0.491 e. The number of hydrogen-bond donors (Lipinski definition) is 3. The van der Waals surface area contributed by atoms with Crippen LogP contribution in [0, 0.1) is 5.92 Å². The Bertz CT molecular complexity index is 1470. The maximum Gasteiger partial charge on any atom is 0.179 e. The van der Waals surface area contributed by atoms with Crippen molar-refractivity contribution in [3.05, 3.63) is 72.8 Å². The third-order valence-corrected chi connectivity index (χ3v) is 5.73. The van der Waals surface area contributed by atoms with Crippen LogP contribution in [-0.4, -0.2) is 38.0 Å². The second kappa shape index (κ2) is 9.42. The summed E-state index contributed by atoms with van der Waals surface area (Å²) >= 11 is 0. The molecule has 8 nitrogen and oxygen atoms in total. The number of fused-ring (bicyclic) bond motifs is 1. The van der Waals surface area contributed by atoms with Crippen LogP contribution in [0.4, 0.5) is 11.5 Å². The number of ketones is 1. The molecule has 5 aromatic rings. The Morgan fingerprint density at radius 3 is 2.54 bits per heavy atom. The number of Topliss-reactive ketones (excluding diaryl/α,β-unsaturated/α-hetero) is 1. The molecule has 0 radical (unpaired) electrons. The highest BCUT2D eigenvalue weighted by molar-refractivity contribution is 6.00. The largest absolute Gasteiger partial charge is 0.491 e. The van der Waals surface area contributed by atoms with Gasteiger partial charge in [0.2, 0.25) is 0 Å². The smallest absolute Gasteiger partial charge is 0.179 e. The number of methoxy groups -OCH3 is 1. The molecule has 35 heavy (non-hydrogen) atoms. The number of hydrogen-bond acceptors (Lipinski definition) is 6. The van der Waals surface area contributed by atoms with Gasteiger partial charge in [-0.1, -0.05) is 38.1 Å². The van der Waals surface area contributed by atoms with Gasteiger partial charge in [0.05, 0.1) is 25.2 Å². The molecule has 0 saturated carbocycles. The summed E-state index contributed by atoms with van der Waals surface area (Å²) in [5.41, 5.74) is 5.29. The number of ether oxygens (including phenoxy) is 1. The van der Waals surface area contributed by atoms with Crippen LogP contribution in [0.2, 0.25) is 0 Å². The summed E-state index contributed by atoms with van der Waals surface area (Å²) in [5.74, 6) is 2.08. The van der Waals surface area contributed by atoms with E-state index in [2.05, 4.69) is 25.5 Å². The molecule has 0 saturated heterocycles. The third kappa shape index (κ3) is 4.77. The summed E-state index contributed by atoms with van der Waals surface area (Å²) in [6.45, 7) is 4.08. The fourth-order valence-corrected chi connectivity index (χ4v) is 3.94. The van der Waals surface area contributed by atoms with Crippen LogP contribution in [0.25, 0.3) is 33.4 Å². The third-order valence-electron chi connectivity index (χ3n) is 5.73. The Kier molecular flexibility index (Phi) is 6.01. The summed E-state index contributed by atoms with van der Waals surface area (Å²) in [7, 11) is 1.59. The Balaban J connectivity index is 1.42. The fraction of sp³-hybridized carbons (Fsp3) is 0.185. The maximum absolute atomic E-state index is 12.5. The van der Waals surface area contributed by atoms with E-state index in [1.54, 1.807) is 19.5 Å². The predicted octanol–water partition coefficient (Wildman–Crippen LogP) is 6.00. The number of rotatable bonds is 8. The summed E-state index contributed by atoms with van der Waals surface area (Å²) in [5, 5.41) is 11.1. The molecule has 0 unspecified atom stereocenters. The van der Waals surface area contributed by atoms with E-state index in [4.69, 9.17) is 9.72 Å². The van der Waals surface area contributed by atoms with Gasteiger partial charge >= 0.3 is 0 Å². The molecule has 0 atom stereocenters. The summed E-state index contributed by atoms with van der Waals surface area (Å²) in [6, 6.07) is 15.8. The zero-order chi connectivity index (χ0) is 24.4. The molecular weight excluding hydrogens is 440 g/mol. The van der Waals surface area contributed by atoms with E-state index in [9.17, 15) is 4.79 Å². The lowest BCUT2D eigenvalue weighted by Crippen LogP contribution is -2.03. The number of nitrogens with one attached hydrogen (secondary N) is 3. The summed E-state index contributed by atoms with van der Waals surface area (Å²) in [4.78, 5) is 24.9. The van der Waals surface area contributed by atoms with Crippen molar-refractivity contribution in [3.63, 3.8) is 0 Å². The topological polar surface area (TPSA) is 109 Å². The van der Waals surface area contributed by atoms with Crippen molar-refractivity contribution in [2.45, 2.75) is 20.3 Å². The van der Waals surface area contributed by atoms with Crippen LogP contribution in [0.1, 0.15) is 30.8 Å². The standard InChI is InChI=1S/C27H26N6O2/c1-16(2)10-24(34)23-11-18-4-5-19(12-22(18)32-23)26-28-15-25(35-3)27(33-26)31-21-8-6-17(7-9-21)20-13-29-30-14-20/h4-9,11-16,32H,10H2,1-3H3,(H,29,30)(H,28,31,33). The quantitative estimate of drug-likeness (QED) is 0.242. The van der Waals surface area contributed by atoms with Crippen LogP contribution in [-0.2, 0) is 0 Å². The zero-order valence-corrected chi connectivity index (χ0v) is 19.8. The molecule has 0 spiro atoms. The first kappa shape index (κ1) is 22.3. The number of anilines is 2. The monoisotopic (exact) mass is 466 g/mol. The van der Waals surface area contributed by atoms with E-state index in [1.807, 2.05) is 68.6 Å². The number of aromatic nitrogens is 5. The van der Waals surface area contributed by atoms with Crippen molar-refractivity contribution in [3.8, 4) is 28.3 Å². The minimum atomic E-state index is 0.115. The van der Waals surface area contributed by atoms with Crippen molar-refractivity contribution in [1.29, 1.82) is 0 Å². The fourth-order valence-electron chi connectivity index (χ4n) is 3.94. The Morgan fingerprint density at radius 1 is 1.03 bits per heavy atom. The molecule has 3 aromatic heterocycles. The summed E-state index contributed by atoms with van der Waals surface area (Å²) < 4.78 is 5.48. The van der Waals surface area contributed by atoms with Gasteiger partial charge in [0, 0.05) is 40.3 Å². The second-order valence-electron chi connectivity index (χ2n) is 8.81. The van der Waals surface area contributed by atoms with Crippen LogP contribution in [0.5, 0.6) is 5.75 Å². The highest BCUT2D eigenvalue weighted by Crippen LogP contribution is 2.30. The maximum atomic E-state index is 12.5. The molecule has 0 aliphatic rings. The van der Waals surface area contributed by atoms with Crippen molar-refractivity contribution in [2.24, 2.45) is 5.92 Å². The Labute approximate surface area is 202 Å². The van der Waals surface area contributed by atoms with Gasteiger partial charge in [-0.3, -0.25) is 9.89 Å². The van der Waals surface area contributed by atoms with Crippen molar-refractivity contribution >= 4 is 28.2 Å². The molecule has 2 aromatic carbocycles. The van der Waals surface area contributed by atoms with Crippen LogP contribution < -0.4 is 10.1 Å². The number of H-pyrrole nitrogens is 2. The Morgan fingerprint density at radius 2 is 1.83 bits per heavy atom. The van der Waals surface area contributed by atoms with Crippen LogP contribution in [0.15, 0.2) is 67.1 Å². The van der Waals surface area contributed by atoms with Crippen molar-refractivity contribution < 1.29 is 9.53 Å². The van der Waals surface area contributed by atoms with Gasteiger partial charge in [-0.15, -0.1) is 0 Å². The first-order valence-electron chi connectivity index (χ1n) is 11.4. The molecule has 176 valence electrons. The number of carbonyl (C=O) groups excluding carboxylic acids is 1. The molecule has 0 bridgehead atoms. The van der Waals surface area contributed by atoms with Crippen LogP contribution >= 0.6 is 0 Å². The van der Waals surface area contributed by atoms with Gasteiger partial charge in [-0.2, -0.15) is 5.10 Å². The zero-order valence-electron chi connectivity index (χ0n) is 19.8. The molecule has 3 N–H and O–H groups in total. The number of carbonyl (C=O) groups is 1. The van der Waals surface area contributed by atoms with E-state index in [1.165, 1.54) is 0 Å². The van der Waals surface area contributed by atoms with Gasteiger partial charge in [-0.05, 0) is 35.7 Å². The van der Waals surface area contributed by atoms with Gasteiger partial charge in [0.25, 0.3) is 0 Å². The SMILES string of the molecule is COc1cnc(-c2ccc3cc(C(=O)CC(C)C)[nH]c3c2)nc1Nc1ccc(-c2cn[nH]c2)cc1. The minimum absolute atomic E-state index is 0.115. The second-order valence-corrected chi connectivity index (χ2v) is 8.81. The molecule has 5 rings (SSSR count). The number of aromatic amines is 2. The average Bonchev–Trinajstić information content (AvgIpc) is 3.54. The van der Waals surface area contributed by atoms with E-state index in [0.29, 0.717) is 35.4 Å². The van der Waals surface area contributed by atoms with Gasteiger partial charge < -0.3 is 15.0 Å².